The summed E-state index contributed by atoms with van der Waals surface area (Å²) in [6.07, 6.45) is 0.828. The van der Waals surface area contributed by atoms with Gasteiger partial charge in [0.05, 0.1) is 0 Å². The minimum Gasteiger partial charge on any atom is -0.397 e. The fourth-order valence-corrected chi connectivity index (χ4v) is 3.31. The first-order valence-electron chi connectivity index (χ1n) is 5.74. The molecule has 0 unspecified atom stereocenters. The van der Waals surface area contributed by atoms with E-state index >= 15 is 0 Å². The molecule has 0 aliphatic carbocycles. The van der Waals surface area contributed by atoms with Gasteiger partial charge >= 0.3 is 9.28 Å². The number of aryl methyl sites for hydroxylation is 1. The topological polar surface area (TPSA) is 18.5 Å². The highest BCUT2D eigenvalue weighted by Crippen LogP contribution is 2.09. The van der Waals surface area contributed by atoms with Crippen LogP contribution in [0, 0.1) is 5.82 Å². The smallest absolute Gasteiger partial charge is 0.321 e. The lowest BCUT2D eigenvalue weighted by atomic mass is 10.2. The zero-order valence-corrected chi connectivity index (χ0v) is 11.1. The zero-order chi connectivity index (χ0) is 11.8. The second-order valence-electron chi connectivity index (χ2n) is 3.51. The molecule has 0 heterocycles. The van der Waals surface area contributed by atoms with E-state index < -0.39 is 9.28 Å². The molecule has 4 heteroatoms. The van der Waals surface area contributed by atoms with E-state index in [2.05, 4.69) is 0 Å². The molecule has 0 fully saturated rings. The van der Waals surface area contributed by atoms with Crippen LogP contribution in [0.15, 0.2) is 24.3 Å². The molecule has 1 aromatic carbocycles. The summed E-state index contributed by atoms with van der Waals surface area (Å²) in [5.74, 6) is -0.177. The van der Waals surface area contributed by atoms with E-state index in [4.69, 9.17) is 8.85 Å². The number of hydrogen-bond donors (Lipinski definition) is 0. The second-order valence-corrected chi connectivity index (χ2v) is 5.61. The van der Waals surface area contributed by atoms with Gasteiger partial charge in [-0.3, -0.25) is 0 Å². The van der Waals surface area contributed by atoms with Crippen LogP contribution in [0.3, 0.4) is 0 Å². The van der Waals surface area contributed by atoms with E-state index in [1.165, 1.54) is 6.07 Å². The van der Waals surface area contributed by atoms with Gasteiger partial charge in [-0.2, -0.15) is 0 Å². The molecule has 0 aromatic heterocycles. The Morgan fingerprint density at radius 1 is 1.19 bits per heavy atom. The van der Waals surface area contributed by atoms with Crippen molar-refractivity contribution in [3.63, 3.8) is 0 Å². The third-order valence-corrected chi connectivity index (χ3v) is 4.43. The minimum absolute atomic E-state index is 0.177. The van der Waals surface area contributed by atoms with E-state index in [9.17, 15) is 4.39 Å². The Morgan fingerprint density at radius 2 is 1.88 bits per heavy atom. The van der Waals surface area contributed by atoms with Crippen molar-refractivity contribution in [3.8, 4) is 0 Å². The largest absolute Gasteiger partial charge is 0.397 e. The number of benzene rings is 1. The van der Waals surface area contributed by atoms with Gasteiger partial charge in [0.2, 0.25) is 0 Å². The van der Waals surface area contributed by atoms with Gasteiger partial charge in [0, 0.05) is 13.2 Å². The van der Waals surface area contributed by atoms with Crippen molar-refractivity contribution in [3.05, 3.63) is 35.6 Å². The average molecular weight is 242 g/mol. The average Bonchev–Trinajstić information content (AvgIpc) is 2.27. The van der Waals surface area contributed by atoms with Crippen molar-refractivity contribution in [2.24, 2.45) is 0 Å². The SMILES string of the molecule is CCO[SiH](CCc1cccc(F)c1)OCC. The fourth-order valence-electron chi connectivity index (χ4n) is 1.56. The minimum atomic E-state index is -1.54. The van der Waals surface area contributed by atoms with E-state index in [-0.39, 0.29) is 5.82 Å². The lowest BCUT2D eigenvalue weighted by molar-refractivity contribution is 0.213. The second kappa shape index (κ2) is 7.54. The Kier molecular flexibility index (Phi) is 6.29. The summed E-state index contributed by atoms with van der Waals surface area (Å²) in [5.41, 5.74) is 1.01. The van der Waals surface area contributed by atoms with E-state index in [1.54, 1.807) is 12.1 Å². The normalized spacial score (nSPS) is 11.0. The summed E-state index contributed by atoms with van der Waals surface area (Å²) in [5, 5.41) is 0. The van der Waals surface area contributed by atoms with Crippen LogP contribution in [-0.4, -0.2) is 22.5 Å². The summed E-state index contributed by atoms with van der Waals surface area (Å²) in [4.78, 5) is 0. The predicted octanol–water partition coefficient (Wildman–Crippen LogP) is 2.66. The maximum Gasteiger partial charge on any atom is 0.321 e. The Bertz CT molecular complexity index is 301. The molecule has 0 saturated carbocycles. The van der Waals surface area contributed by atoms with Gasteiger partial charge in [-0.1, -0.05) is 12.1 Å². The van der Waals surface area contributed by atoms with Crippen molar-refractivity contribution in [2.75, 3.05) is 13.2 Å². The lowest BCUT2D eigenvalue weighted by Gasteiger charge is -2.14. The number of hydrogen-bond acceptors (Lipinski definition) is 2. The first kappa shape index (κ1) is 13.4. The molecule has 90 valence electrons. The van der Waals surface area contributed by atoms with Gasteiger partial charge in [-0.05, 0) is 44.0 Å². The van der Waals surface area contributed by atoms with Crippen molar-refractivity contribution >= 4 is 9.28 Å². The van der Waals surface area contributed by atoms with E-state index in [1.807, 2.05) is 19.9 Å². The van der Waals surface area contributed by atoms with Crippen LogP contribution in [-0.2, 0) is 15.3 Å². The molecular weight excluding hydrogens is 223 g/mol. The summed E-state index contributed by atoms with van der Waals surface area (Å²) >= 11 is 0. The molecule has 0 atom stereocenters. The molecule has 0 aliphatic heterocycles. The third kappa shape index (κ3) is 4.87. The molecule has 1 aromatic rings. The van der Waals surface area contributed by atoms with Gasteiger partial charge in [-0.25, -0.2) is 4.39 Å². The van der Waals surface area contributed by atoms with Gasteiger partial charge in [0.15, 0.2) is 0 Å². The lowest BCUT2D eigenvalue weighted by Crippen LogP contribution is -2.23. The van der Waals surface area contributed by atoms with Crippen molar-refractivity contribution < 1.29 is 13.2 Å². The van der Waals surface area contributed by atoms with Gasteiger partial charge in [0.1, 0.15) is 5.82 Å². The van der Waals surface area contributed by atoms with Crippen LogP contribution >= 0.6 is 0 Å². The van der Waals surface area contributed by atoms with Crippen molar-refractivity contribution in [2.45, 2.75) is 26.3 Å². The summed E-state index contributed by atoms with van der Waals surface area (Å²) < 4.78 is 24.1. The molecule has 0 aliphatic rings. The molecule has 0 amide bonds. The molecule has 0 spiro atoms. The molecule has 0 radical (unpaired) electrons. The monoisotopic (exact) mass is 242 g/mol. The molecule has 2 nitrogen and oxygen atoms in total. The summed E-state index contributed by atoms with van der Waals surface area (Å²) in [6, 6.07) is 7.60. The highest BCUT2D eigenvalue weighted by Gasteiger charge is 2.11. The Labute approximate surface area is 98.2 Å². The van der Waals surface area contributed by atoms with Crippen LogP contribution in [0.25, 0.3) is 0 Å². The van der Waals surface area contributed by atoms with Gasteiger partial charge in [0.25, 0.3) is 0 Å². The van der Waals surface area contributed by atoms with Crippen LogP contribution in [0.2, 0.25) is 6.04 Å². The van der Waals surface area contributed by atoms with Crippen LogP contribution in [0.4, 0.5) is 4.39 Å². The number of halogens is 1. The van der Waals surface area contributed by atoms with Crippen molar-refractivity contribution in [1.29, 1.82) is 0 Å². The van der Waals surface area contributed by atoms with Crippen LogP contribution in [0.5, 0.6) is 0 Å². The molecule has 16 heavy (non-hydrogen) atoms. The maximum absolute atomic E-state index is 12.9. The molecule has 1 rings (SSSR count). The highest BCUT2D eigenvalue weighted by atomic mass is 28.3. The first-order chi connectivity index (χ1) is 7.76. The summed E-state index contributed by atoms with van der Waals surface area (Å²) in [7, 11) is -1.54. The number of rotatable bonds is 7. The standard InChI is InChI=1S/C12H19FO2Si/c1-3-14-16(15-4-2)9-8-11-6-5-7-12(13)10-11/h5-7,10,16H,3-4,8-9H2,1-2H3. The van der Waals surface area contributed by atoms with Gasteiger partial charge in [-0.15, -0.1) is 0 Å². The van der Waals surface area contributed by atoms with Crippen LogP contribution < -0.4 is 0 Å². The maximum atomic E-state index is 12.9. The predicted molar refractivity (Wildman–Crippen MR) is 65.3 cm³/mol. The Morgan fingerprint density at radius 3 is 2.44 bits per heavy atom. The zero-order valence-electron chi connectivity index (χ0n) is 9.91. The quantitative estimate of drug-likeness (QED) is 0.684. The van der Waals surface area contributed by atoms with E-state index in [0.717, 1.165) is 18.0 Å². The first-order valence-corrected chi connectivity index (χ1v) is 7.49. The van der Waals surface area contributed by atoms with Crippen molar-refractivity contribution in [1.82, 2.24) is 0 Å². The summed E-state index contributed by atoms with van der Waals surface area (Å²) in [6.45, 7) is 5.34. The molecular formula is C12H19FO2Si. The van der Waals surface area contributed by atoms with Crippen LogP contribution in [0.1, 0.15) is 19.4 Å². The Balaban J connectivity index is 2.41. The molecule has 0 N–H and O–H groups in total. The fraction of sp³-hybridized carbons (Fsp3) is 0.500. The molecule has 0 bridgehead atoms. The van der Waals surface area contributed by atoms with E-state index in [0.29, 0.717) is 13.2 Å². The highest BCUT2D eigenvalue weighted by molar-refractivity contribution is 6.44. The Hall–Kier alpha value is -0.713. The molecule has 0 saturated heterocycles. The van der Waals surface area contributed by atoms with Gasteiger partial charge < -0.3 is 8.85 Å². The third-order valence-electron chi connectivity index (χ3n) is 2.26.